The van der Waals surface area contributed by atoms with Crippen LogP contribution in [0, 0.1) is 0 Å². The molecule has 2 amide bonds. The van der Waals surface area contributed by atoms with Crippen molar-refractivity contribution in [3.8, 4) is 0 Å². The second kappa shape index (κ2) is 7.55. The van der Waals surface area contributed by atoms with Crippen LogP contribution in [0.5, 0.6) is 0 Å². The monoisotopic (exact) mass is 299 g/mol. The second-order valence-electron chi connectivity index (χ2n) is 6.19. The van der Waals surface area contributed by atoms with Gasteiger partial charge in [-0.25, -0.2) is 4.79 Å². The van der Waals surface area contributed by atoms with Gasteiger partial charge >= 0.3 is 6.03 Å². The number of piperidine rings is 1. The van der Waals surface area contributed by atoms with Gasteiger partial charge in [-0.05, 0) is 37.9 Å². The van der Waals surface area contributed by atoms with Crippen molar-refractivity contribution in [3.63, 3.8) is 0 Å². The molecule has 1 saturated carbocycles. The van der Waals surface area contributed by atoms with E-state index in [1.54, 1.807) is 4.90 Å². The molecule has 0 aromatic heterocycles. The standard InChI is InChI=1S/C15H29N3OS/c1-4-20-14-6-5-13(11-14)16-12-7-9-18(10-8-12)15(19)17(2)3/h12-14,16H,4-11H2,1-3H3. The zero-order chi connectivity index (χ0) is 14.5. The van der Waals surface area contributed by atoms with Gasteiger partial charge in [0, 0.05) is 44.5 Å². The summed E-state index contributed by atoms with van der Waals surface area (Å²) in [5.74, 6) is 1.24. The van der Waals surface area contributed by atoms with E-state index in [0.29, 0.717) is 12.1 Å². The highest BCUT2D eigenvalue weighted by molar-refractivity contribution is 7.99. The Morgan fingerprint density at radius 2 is 1.90 bits per heavy atom. The number of nitrogens with one attached hydrogen (secondary N) is 1. The Morgan fingerprint density at radius 1 is 1.20 bits per heavy atom. The van der Waals surface area contributed by atoms with Crippen LogP contribution in [0.1, 0.15) is 39.0 Å². The van der Waals surface area contributed by atoms with Crippen LogP contribution in [0.3, 0.4) is 0 Å². The van der Waals surface area contributed by atoms with E-state index in [2.05, 4.69) is 24.0 Å². The third-order valence-corrected chi connectivity index (χ3v) is 5.64. The fourth-order valence-corrected chi connectivity index (χ4v) is 4.47. The predicted molar refractivity (Wildman–Crippen MR) is 86.4 cm³/mol. The Hall–Kier alpha value is -0.420. The number of amides is 2. The lowest BCUT2D eigenvalue weighted by atomic mass is 10.0. The van der Waals surface area contributed by atoms with E-state index in [9.17, 15) is 4.79 Å². The van der Waals surface area contributed by atoms with Gasteiger partial charge in [-0.2, -0.15) is 11.8 Å². The van der Waals surface area contributed by atoms with Gasteiger partial charge in [0.2, 0.25) is 0 Å². The third-order valence-electron chi connectivity index (χ3n) is 4.41. The zero-order valence-corrected chi connectivity index (χ0v) is 13.9. The molecule has 0 spiro atoms. The second-order valence-corrected chi connectivity index (χ2v) is 7.77. The highest BCUT2D eigenvalue weighted by Gasteiger charge is 2.29. The number of thioether (sulfide) groups is 1. The fraction of sp³-hybridized carbons (Fsp3) is 0.933. The number of carbonyl (C=O) groups is 1. The highest BCUT2D eigenvalue weighted by Crippen LogP contribution is 2.30. The summed E-state index contributed by atoms with van der Waals surface area (Å²) in [5, 5.41) is 4.70. The summed E-state index contributed by atoms with van der Waals surface area (Å²) in [6.45, 7) is 4.05. The Bertz CT molecular complexity index is 316. The quantitative estimate of drug-likeness (QED) is 0.866. The van der Waals surface area contributed by atoms with Crippen LogP contribution in [0.25, 0.3) is 0 Å². The average molecular weight is 299 g/mol. The topological polar surface area (TPSA) is 35.6 Å². The molecule has 0 aromatic rings. The molecule has 2 rings (SSSR count). The van der Waals surface area contributed by atoms with Crippen LogP contribution >= 0.6 is 11.8 Å². The van der Waals surface area contributed by atoms with Crippen molar-refractivity contribution in [3.05, 3.63) is 0 Å². The molecule has 116 valence electrons. The van der Waals surface area contributed by atoms with Gasteiger partial charge in [0.25, 0.3) is 0 Å². The van der Waals surface area contributed by atoms with Crippen LogP contribution in [0.4, 0.5) is 4.79 Å². The van der Waals surface area contributed by atoms with E-state index in [4.69, 9.17) is 0 Å². The molecule has 0 radical (unpaired) electrons. The Balaban J connectivity index is 1.69. The van der Waals surface area contributed by atoms with E-state index >= 15 is 0 Å². The molecular weight excluding hydrogens is 270 g/mol. The summed E-state index contributed by atoms with van der Waals surface area (Å²) in [7, 11) is 3.66. The molecule has 1 heterocycles. The number of likely N-dealkylation sites (tertiary alicyclic amines) is 1. The molecule has 20 heavy (non-hydrogen) atoms. The van der Waals surface area contributed by atoms with Gasteiger partial charge in [0.15, 0.2) is 0 Å². The van der Waals surface area contributed by atoms with Crippen LogP contribution in [-0.4, -0.2) is 66.1 Å². The minimum absolute atomic E-state index is 0.156. The number of urea groups is 1. The maximum Gasteiger partial charge on any atom is 0.319 e. The smallest absolute Gasteiger partial charge is 0.319 e. The summed E-state index contributed by atoms with van der Waals surface area (Å²) >= 11 is 2.11. The highest BCUT2D eigenvalue weighted by atomic mass is 32.2. The normalized spacial score (nSPS) is 27.9. The Kier molecular flexibility index (Phi) is 6.02. The molecule has 1 aliphatic heterocycles. The Labute approximate surface area is 127 Å². The number of hydrogen-bond acceptors (Lipinski definition) is 3. The summed E-state index contributed by atoms with van der Waals surface area (Å²) < 4.78 is 0. The maximum absolute atomic E-state index is 11.9. The van der Waals surface area contributed by atoms with Crippen molar-refractivity contribution in [2.45, 2.75) is 56.4 Å². The van der Waals surface area contributed by atoms with Gasteiger partial charge in [0.05, 0.1) is 0 Å². The summed E-state index contributed by atoms with van der Waals surface area (Å²) in [5.41, 5.74) is 0. The first-order chi connectivity index (χ1) is 9.60. The lowest BCUT2D eigenvalue weighted by Crippen LogP contribution is -2.49. The molecule has 2 fully saturated rings. The molecule has 4 nitrogen and oxygen atoms in total. The molecule has 0 bridgehead atoms. The van der Waals surface area contributed by atoms with Crippen molar-refractivity contribution >= 4 is 17.8 Å². The largest absolute Gasteiger partial charge is 0.331 e. The molecule has 5 heteroatoms. The Morgan fingerprint density at radius 3 is 2.50 bits per heavy atom. The number of hydrogen-bond donors (Lipinski definition) is 1. The van der Waals surface area contributed by atoms with E-state index < -0.39 is 0 Å². The van der Waals surface area contributed by atoms with Crippen LogP contribution < -0.4 is 5.32 Å². The molecule has 1 aliphatic carbocycles. The van der Waals surface area contributed by atoms with Crippen LogP contribution in [0.15, 0.2) is 0 Å². The zero-order valence-electron chi connectivity index (χ0n) is 13.1. The van der Waals surface area contributed by atoms with E-state index in [1.165, 1.54) is 25.0 Å². The van der Waals surface area contributed by atoms with Crippen molar-refractivity contribution in [1.29, 1.82) is 0 Å². The summed E-state index contributed by atoms with van der Waals surface area (Å²) in [6.07, 6.45) is 6.22. The van der Waals surface area contributed by atoms with Crippen molar-refractivity contribution < 1.29 is 4.79 Å². The lowest BCUT2D eigenvalue weighted by Gasteiger charge is -2.35. The molecule has 2 unspecified atom stereocenters. The first-order valence-electron chi connectivity index (χ1n) is 7.94. The molecule has 2 atom stereocenters. The van der Waals surface area contributed by atoms with E-state index in [1.807, 2.05) is 19.0 Å². The average Bonchev–Trinajstić information content (AvgIpc) is 2.86. The molecule has 0 aromatic carbocycles. The summed E-state index contributed by atoms with van der Waals surface area (Å²) in [6, 6.07) is 1.47. The third kappa shape index (κ3) is 4.29. The van der Waals surface area contributed by atoms with Crippen LogP contribution in [0.2, 0.25) is 0 Å². The minimum atomic E-state index is 0.156. The van der Waals surface area contributed by atoms with Crippen LogP contribution in [-0.2, 0) is 0 Å². The van der Waals surface area contributed by atoms with E-state index in [0.717, 1.165) is 31.2 Å². The fourth-order valence-electron chi connectivity index (χ4n) is 3.33. The van der Waals surface area contributed by atoms with Crippen molar-refractivity contribution in [1.82, 2.24) is 15.1 Å². The molecule has 1 saturated heterocycles. The van der Waals surface area contributed by atoms with Crippen molar-refractivity contribution in [2.75, 3.05) is 32.9 Å². The predicted octanol–water partition coefficient (Wildman–Crippen LogP) is 2.40. The number of rotatable bonds is 4. The van der Waals surface area contributed by atoms with Gasteiger partial charge in [0.1, 0.15) is 0 Å². The molecular formula is C15H29N3OS. The summed E-state index contributed by atoms with van der Waals surface area (Å²) in [4.78, 5) is 15.5. The first kappa shape index (κ1) is 16.0. The number of carbonyl (C=O) groups excluding carboxylic acids is 1. The number of nitrogens with zero attached hydrogens (tertiary/aromatic N) is 2. The SMILES string of the molecule is CCSC1CCC(NC2CCN(C(=O)N(C)C)CC2)C1. The van der Waals surface area contributed by atoms with Gasteiger partial charge in [-0.3, -0.25) is 0 Å². The maximum atomic E-state index is 11.9. The lowest BCUT2D eigenvalue weighted by molar-refractivity contribution is 0.150. The molecule has 1 N–H and O–H groups in total. The van der Waals surface area contributed by atoms with Gasteiger partial charge < -0.3 is 15.1 Å². The first-order valence-corrected chi connectivity index (χ1v) is 8.99. The van der Waals surface area contributed by atoms with E-state index in [-0.39, 0.29) is 6.03 Å². The minimum Gasteiger partial charge on any atom is -0.331 e. The van der Waals surface area contributed by atoms with Gasteiger partial charge in [-0.1, -0.05) is 6.92 Å². The molecule has 2 aliphatic rings. The van der Waals surface area contributed by atoms with Crippen molar-refractivity contribution in [2.24, 2.45) is 0 Å². The van der Waals surface area contributed by atoms with Gasteiger partial charge in [-0.15, -0.1) is 0 Å².